The Bertz CT molecular complexity index is 568. The van der Waals surface area contributed by atoms with Crippen molar-refractivity contribution in [2.75, 3.05) is 0 Å². The number of halogens is 1. The Kier molecular flexibility index (Phi) is 3.31. The van der Waals surface area contributed by atoms with E-state index >= 15 is 0 Å². The quantitative estimate of drug-likeness (QED) is 0.836. The topological polar surface area (TPSA) is 45.8 Å². The molecule has 0 aliphatic rings. The van der Waals surface area contributed by atoms with Crippen LogP contribution in [-0.2, 0) is 0 Å². The van der Waals surface area contributed by atoms with E-state index in [1.54, 1.807) is 0 Å². The summed E-state index contributed by atoms with van der Waals surface area (Å²) < 4.78 is 0. The molecule has 2 aromatic rings. The van der Waals surface area contributed by atoms with Crippen LogP contribution in [0.3, 0.4) is 0 Å². The molecule has 82 valence electrons. The molecule has 1 aromatic carbocycles. The molecule has 0 amide bonds. The molecule has 1 N–H and O–H groups in total. The fourth-order valence-electron chi connectivity index (χ4n) is 1.23. The van der Waals surface area contributed by atoms with Gasteiger partial charge in [0, 0.05) is 4.90 Å². The average molecular weight is 253 g/mol. The third-order valence-electron chi connectivity index (χ3n) is 1.97. The van der Waals surface area contributed by atoms with Gasteiger partial charge in [-0.25, -0.2) is 4.98 Å². The normalized spacial score (nSPS) is 10.4. The van der Waals surface area contributed by atoms with Crippen LogP contribution in [0.1, 0.15) is 5.56 Å². The lowest BCUT2D eigenvalue weighted by Gasteiger charge is -2.02. The second-order valence-corrected chi connectivity index (χ2v) is 4.71. The molecule has 2 rings (SSSR count). The molecule has 16 heavy (non-hydrogen) atoms. The second kappa shape index (κ2) is 4.72. The zero-order chi connectivity index (χ0) is 11.5. The zero-order valence-electron chi connectivity index (χ0n) is 8.53. The molecule has 3 nitrogen and oxygen atoms in total. The molecule has 0 unspecified atom stereocenters. The highest BCUT2D eigenvalue weighted by molar-refractivity contribution is 7.99. The number of nitrogens with one attached hydrogen (secondary N) is 1. The number of hydrogen-bond acceptors (Lipinski definition) is 3. The molecule has 0 aliphatic heterocycles. The first kappa shape index (κ1) is 11.2. The highest BCUT2D eigenvalue weighted by atomic mass is 35.5. The predicted molar refractivity (Wildman–Crippen MR) is 65.2 cm³/mol. The molecule has 0 saturated heterocycles. The smallest absolute Gasteiger partial charge is 0.270 e. The summed E-state index contributed by atoms with van der Waals surface area (Å²) in [7, 11) is 0. The van der Waals surface area contributed by atoms with E-state index in [4.69, 9.17) is 11.6 Å². The van der Waals surface area contributed by atoms with Crippen molar-refractivity contribution in [2.45, 2.75) is 16.8 Å². The lowest BCUT2D eigenvalue weighted by Crippen LogP contribution is -2.07. The van der Waals surface area contributed by atoms with Gasteiger partial charge in [-0.05, 0) is 19.1 Å². The van der Waals surface area contributed by atoms with E-state index in [9.17, 15) is 4.79 Å². The number of H-pyrrole nitrogens is 1. The summed E-state index contributed by atoms with van der Waals surface area (Å²) in [4.78, 5) is 18.7. The minimum absolute atomic E-state index is 0.133. The number of aromatic nitrogens is 2. The summed E-state index contributed by atoms with van der Waals surface area (Å²) in [5.74, 6) is 0. The first-order chi connectivity index (χ1) is 7.66. The van der Waals surface area contributed by atoms with Crippen LogP contribution in [0, 0.1) is 6.92 Å². The summed E-state index contributed by atoms with van der Waals surface area (Å²) in [5.41, 5.74) is 0.845. The van der Waals surface area contributed by atoms with Crippen LogP contribution in [-0.4, -0.2) is 9.97 Å². The van der Waals surface area contributed by atoms with Gasteiger partial charge in [0.2, 0.25) is 0 Å². The van der Waals surface area contributed by atoms with Crippen LogP contribution in [0.15, 0.2) is 45.3 Å². The van der Waals surface area contributed by atoms with Gasteiger partial charge in [0.25, 0.3) is 5.56 Å². The van der Waals surface area contributed by atoms with Gasteiger partial charge < -0.3 is 4.98 Å². The summed E-state index contributed by atoms with van der Waals surface area (Å²) in [6, 6.07) is 7.94. The molecule has 0 spiro atoms. The van der Waals surface area contributed by atoms with E-state index in [-0.39, 0.29) is 10.6 Å². The zero-order valence-corrected chi connectivity index (χ0v) is 10.1. The van der Waals surface area contributed by atoms with Crippen molar-refractivity contribution >= 4 is 23.4 Å². The molecular formula is C11H9ClN2OS. The molecule has 0 bridgehead atoms. The Labute approximate surface area is 102 Å². The summed E-state index contributed by atoms with van der Waals surface area (Å²) in [5, 5.41) is 0.657. The Morgan fingerprint density at radius 3 is 3.00 bits per heavy atom. The Morgan fingerprint density at radius 2 is 2.25 bits per heavy atom. The molecule has 0 saturated carbocycles. The third kappa shape index (κ3) is 2.46. The van der Waals surface area contributed by atoms with E-state index in [1.807, 2.05) is 31.2 Å². The lowest BCUT2D eigenvalue weighted by atomic mass is 10.2. The maximum Gasteiger partial charge on any atom is 0.270 e. The van der Waals surface area contributed by atoms with Crippen molar-refractivity contribution in [2.24, 2.45) is 0 Å². The highest BCUT2D eigenvalue weighted by Gasteiger charge is 2.07. The van der Waals surface area contributed by atoms with Crippen LogP contribution >= 0.6 is 23.4 Å². The number of nitrogens with zero attached hydrogens (tertiary/aromatic N) is 1. The molecule has 1 heterocycles. The van der Waals surface area contributed by atoms with Gasteiger partial charge in [0.1, 0.15) is 10.0 Å². The van der Waals surface area contributed by atoms with Crippen molar-refractivity contribution in [3.8, 4) is 0 Å². The highest BCUT2D eigenvalue weighted by Crippen LogP contribution is 2.29. The van der Waals surface area contributed by atoms with Gasteiger partial charge in [-0.2, -0.15) is 0 Å². The maximum atomic E-state index is 11.3. The van der Waals surface area contributed by atoms with Gasteiger partial charge in [0.05, 0.1) is 6.33 Å². The van der Waals surface area contributed by atoms with Crippen molar-refractivity contribution in [3.05, 3.63) is 51.5 Å². The third-order valence-corrected chi connectivity index (χ3v) is 3.42. The van der Waals surface area contributed by atoms with Crippen LogP contribution in [0.25, 0.3) is 0 Å². The number of benzene rings is 1. The van der Waals surface area contributed by atoms with Crippen molar-refractivity contribution in [3.63, 3.8) is 0 Å². The summed E-state index contributed by atoms with van der Waals surface area (Å²) in [6.45, 7) is 2.01. The number of aryl methyl sites for hydroxylation is 1. The van der Waals surface area contributed by atoms with Gasteiger partial charge in [-0.1, -0.05) is 41.1 Å². The molecular weight excluding hydrogens is 244 g/mol. The van der Waals surface area contributed by atoms with E-state index < -0.39 is 0 Å². The molecule has 0 atom stereocenters. The van der Waals surface area contributed by atoms with Crippen LogP contribution < -0.4 is 5.56 Å². The summed E-state index contributed by atoms with van der Waals surface area (Å²) >= 11 is 7.24. The van der Waals surface area contributed by atoms with Crippen LogP contribution in [0.5, 0.6) is 0 Å². The molecule has 0 aliphatic carbocycles. The van der Waals surface area contributed by atoms with Gasteiger partial charge in [0.15, 0.2) is 0 Å². The molecule has 5 heteroatoms. The monoisotopic (exact) mass is 252 g/mol. The van der Waals surface area contributed by atoms with Crippen molar-refractivity contribution in [1.29, 1.82) is 0 Å². The van der Waals surface area contributed by atoms with E-state index in [0.29, 0.717) is 5.03 Å². The summed E-state index contributed by atoms with van der Waals surface area (Å²) in [6.07, 6.45) is 1.35. The minimum Gasteiger partial charge on any atom is -0.312 e. The van der Waals surface area contributed by atoms with Crippen LogP contribution in [0.4, 0.5) is 0 Å². The Balaban J connectivity index is 2.34. The standard InChI is InChI=1S/C11H9ClN2OS/c1-7-3-2-4-8(5-7)16-11-9(12)10(15)13-6-14-11/h2-6H,1H3,(H,13,14,15). The van der Waals surface area contributed by atoms with Crippen LogP contribution in [0.2, 0.25) is 5.02 Å². The first-order valence-electron chi connectivity index (χ1n) is 4.64. The maximum absolute atomic E-state index is 11.3. The fourth-order valence-corrected chi connectivity index (χ4v) is 2.35. The Hall–Kier alpha value is -1.26. The van der Waals surface area contributed by atoms with Crippen molar-refractivity contribution < 1.29 is 0 Å². The van der Waals surface area contributed by atoms with Gasteiger partial charge >= 0.3 is 0 Å². The van der Waals surface area contributed by atoms with Gasteiger partial charge in [-0.3, -0.25) is 4.79 Å². The average Bonchev–Trinajstić information content (AvgIpc) is 2.25. The van der Waals surface area contributed by atoms with E-state index in [2.05, 4.69) is 9.97 Å². The molecule has 0 radical (unpaired) electrons. The number of hydrogen-bond donors (Lipinski definition) is 1. The second-order valence-electron chi connectivity index (χ2n) is 3.27. The van der Waals surface area contributed by atoms with E-state index in [1.165, 1.54) is 18.1 Å². The SMILES string of the molecule is Cc1cccc(Sc2nc[nH]c(=O)c2Cl)c1. The number of aromatic amines is 1. The predicted octanol–water partition coefficient (Wildman–Crippen LogP) is 2.88. The minimum atomic E-state index is -0.313. The first-order valence-corrected chi connectivity index (χ1v) is 5.84. The Morgan fingerprint density at radius 1 is 1.44 bits per heavy atom. The molecule has 1 aromatic heterocycles. The fraction of sp³-hybridized carbons (Fsp3) is 0.0909. The number of rotatable bonds is 2. The van der Waals surface area contributed by atoms with Crippen molar-refractivity contribution in [1.82, 2.24) is 9.97 Å². The lowest BCUT2D eigenvalue weighted by molar-refractivity contribution is 1.01. The largest absolute Gasteiger partial charge is 0.312 e. The van der Waals surface area contributed by atoms with E-state index in [0.717, 1.165) is 10.5 Å². The van der Waals surface area contributed by atoms with Gasteiger partial charge in [-0.15, -0.1) is 0 Å². The molecule has 0 fully saturated rings.